The number of benzene rings is 2. The maximum Gasteiger partial charge on any atom is 0.195 e. The molecule has 6 heteroatoms. The zero-order valence-corrected chi connectivity index (χ0v) is 25.7. The lowest BCUT2D eigenvalue weighted by Crippen LogP contribution is -2.58. The molecule has 2 aromatic carbocycles. The summed E-state index contributed by atoms with van der Waals surface area (Å²) in [7, 11) is -2.16. The highest BCUT2D eigenvalue weighted by molar-refractivity contribution is 6.74. The summed E-state index contributed by atoms with van der Waals surface area (Å²) in [4.78, 5) is 13.3. The SMILES string of the molecule is CC(=O)[C@@H]1C[C@@]2(O[Si](C)(C)C(C)(C)C)CC3[C@H]1C(OCc1ccccc1)[C@H](C)[C@@H](OCc1ccccc1)[C@H]3O2. The molecule has 212 valence electrons. The number of Topliss-reactive ketones (excluding diaryl/α,β-unsaturated/α-hetero) is 1. The Morgan fingerprint density at radius 1 is 0.923 bits per heavy atom. The minimum Gasteiger partial charge on any atom is -0.390 e. The van der Waals surface area contributed by atoms with Gasteiger partial charge in [0.1, 0.15) is 5.78 Å². The van der Waals surface area contributed by atoms with Gasteiger partial charge in [-0.2, -0.15) is 0 Å². The Morgan fingerprint density at radius 3 is 1.97 bits per heavy atom. The van der Waals surface area contributed by atoms with Gasteiger partial charge in [0.25, 0.3) is 0 Å². The third-order valence-corrected chi connectivity index (χ3v) is 14.4. The first-order valence-corrected chi connectivity index (χ1v) is 17.5. The molecule has 0 aromatic heterocycles. The second-order valence-corrected chi connectivity index (χ2v) is 18.3. The van der Waals surface area contributed by atoms with Crippen LogP contribution in [0.3, 0.4) is 0 Å². The number of ketones is 1. The Hall–Kier alpha value is -1.83. The van der Waals surface area contributed by atoms with Crippen molar-refractivity contribution in [2.45, 2.75) is 103 Å². The Balaban J connectivity index is 1.48. The molecule has 8 atom stereocenters. The van der Waals surface area contributed by atoms with Crippen LogP contribution in [0, 0.1) is 23.7 Å². The Labute approximate surface area is 235 Å². The second-order valence-electron chi connectivity index (χ2n) is 13.6. The molecule has 0 amide bonds. The van der Waals surface area contributed by atoms with Crippen molar-refractivity contribution >= 4 is 14.1 Å². The summed E-state index contributed by atoms with van der Waals surface area (Å²) in [5.41, 5.74) is 2.28. The van der Waals surface area contributed by atoms with Gasteiger partial charge >= 0.3 is 0 Å². The lowest BCUT2D eigenvalue weighted by atomic mass is 9.59. The molecule has 1 saturated heterocycles. The van der Waals surface area contributed by atoms with E-state index in [0.29, 0.717) is 19.6 Å². The van der Waals surface area contributed by atoms with Crippen LogP contribution in [-0.2, 0) is 36.6 Å². The Morgan fingerprint density at radius 2 is 1.46 bits per heavy atom. The van der Waals surface area contributed by atoms with Gasteiger partial charge in [0.2, 0.25) is 0 Å². The summed E-state index contributed by atoms with van der Waals surface area (Å²) < 4.78 is 27.6. The number of hydrogen-bond acceptors (Lipinski definition) is 5. The van der Waals surface area contributed by atoms with Crippen molar-refractivity contribution < 1.29 is 23.4 Å². The molecule has 0 spiro atoms. The van der Waals surface area contributed by atoms with Gasteiger partial charge in [0.05, 0.1) is 31.5 Å². The van der Waals surface area contributed by atoms with Crippen LogP contribution in [0.4, 0.5) is 0 Å². The van der Waals surface area contributed by atoms with Gasteiger partial charge < -0.3 is 18.6 Å². The van der Waals surface area contributed by atoms with Crippen molar-refractivity contribution in [3.05, 3.63) is 71.8 Å². The molecule has 2 aromatic rings. The molecule has 0 N–H and O–H groups in total. The van der Waals surface area contributed by atoms with Crippen LogP contribution in [0.5, 0.6) is 0 Å². The molecule has 5 nitrogen and oxygen atoms in total. The van der Waals surface area contributed by atoms with Crippen molar-refractivity contribution in [1.29, 1.82) is 0 Å². The molecule has 3 fully saturated rings. The van der Waals surface area contributed by atoms with Gasteiger partial charge in [-0.1, -0.05) is 88.4 Å². The highest BCUT2D eigenvalue weighted by Gasteiger charge is 2.67. The van der Waals surface area contributed by atoms with Crippen molar-refractivity contribution in [2.24, 2.45) is 23.7 Å². The number of carbonyl (C=O) groups excluding carboxylic acids is 1. The van der Waals surface area contributed by atoms with E-state index in [4.69, 9.17) is 18.6 Å². The lowest BCUT2D eigenvalue weighted by Gasteiger charge is -2.51. The first-order chi connectivity index (χ1) is 18.4. The molecule has 1 heterocycles. The summed E-state index contributed by atoms with van der Waals surface area (Å²) in [6.45, 7) is 16.3. The number of fused-ring (bicyclic) bond motifs is 1. The fourth-order valence-electron chi connectivity index (χ4n) is 6.92. The van der Waals surface area contributed by atoms with E-state index >= 15 is 0 Å². The highest BCUT2D eigenvalue weighted by atomic mass is 28.4. The van der Waals surface area contributed by atoms with Crippen LogP contribution < -0.4 is 0 Å². The summed E-state index contributed by atoms with van der Waals surface area (Å²) in [6, 6.07) is 20.6. The van der Waals surface area contributed by atoms with Crippen LogP contribution in [0.15, 0.2) is 60.7 Å². The molecule has 0 radical (unpaired) electrons. The quantitative estimate of drug-likeness (QED) is 0.310. The van der Waals surface area contributed by atoms with Gasteiger partial charge in [-0.3, -0.25) is 4.79 Å². The van der Waals surface area contributed by atoms with E-state index in [0.717, 1.165) is 17.5 Å². The van der Waals surface area contributed by atoms with E-state index in [1.54, 1.807) is 6.92 Å². The van der Waals surface area contributed by atoms with Gasteiger partial charge in [-0.15, -0.1) is 0 Å². The van der Waals surface area contributed by atoms with Gasteiger partial charge in [-0.25, -0.2) is 0 Å². The average molecular weight is 551 g/mol. The van der Waals surface area contributed by atoms with Crippen LogP contribution in [-0.4, -0.2) is 38.2 Å². The van der Waals surface area contributed by atoms with Gasteiger partial charge in [0, 0.05) is 30.6 Å². The third kappa shape index (κ3) is 5.69. The third-order valence-electron chi connectivity index (χ3n) is 9.89. The molecule has 3 aliphatic rings. The summed E-state index contributed by atoms with van der Waals surface area (Å²) >= 11 is 0. The minimum absolute atomic E-state index is 0.0409. The van der Waals surface area contributed by atoms with Crippen molar-refractivity contribution in [3.8, 4) is 0 Å². The van der Waals surface area contributed by atoms with Crippen LogP contribution in [0.2, 0.25) is 18.1 Å². The summed E-state index contributed by atoms with van der Waals surface area (Å²) in [5, 5.41) is 0.0409. The Bertz CT molecular complexity index is 1130. The molecule has 39 heavy (non-hydrogen) atoms. The first-order valence-electron chi connectivity index (χ1n) is 14.6. The number of rotatable bonds is 9. The number of ether oxygens (including phenoxy) is 3. The van der Waals surface area contributed by atoms with Gasteiger partial charge in [0.15, 0.2) is 14.1 Å². The average Bonchev–Trinajstić information content (AvgIpc) is 3.19. The largest absolute Gasteiger partial charge is 0.390 e. The molecular formula is C33H46O5Si. The number of carbonyl (C=O) groups is 1. The normalized spacial score (nSPS) is 34.2. The van der Waals surface area contributed by atoms with E-state index in [1.807, 2.05) is 36.4 Å². The second kappa shape index (κ2) is 10.9. The molecular weight excluding hydrogens is 504 g/mol. The lowest BCUT2D eigenvalue weighted by molar-refractivity contribution is -0.219. The van der Waals surface area contributed by atoms with Crippen molar-refractivity contribution in [1.82, 2.24) is 0 Å². The Kier molecular flexibility index (Phi) is 7.99. The minimum atomic E-state index is -2.16. The van der Waals surface area contributed by atoms with E-state index in [1.165, 1.54) is 0 Å². The van der Waals surface area contributed by atoms with E-state index in [-0.39, 0.29) is 52.8 Å². The zero-order valence-electron chi connectivity index (χ0n) is 24.7. The first kappa shape index (κ1) is 28.7. The molecule has 2 bridgehead atoms. The zero-order chi connectivity index (χ0) is 28.0. The fraction of sp³-hybridized carbons (Fsp3) is 0.606. The summed E-state index contributed by atoms with van der Waals surface area (Å²) in [6.07, 6.45) is 1.01. The maximum absolute atomic E-state index is 13.3. The predicted molar refractivity (Wildman–Crippen MR) is 155 cm³/mol. The van der Waals surface area contributed by atoms with E-state index in [2.05, 4.69) is 65.1 Å². The van der Waals surface area contributed by atoms with Crippen LogP contribution in [0.1, 0.15) is 58.6 Å². The topological polar surface area (TPSA) is 54.0 Å². The number of hydrogen-bond donors (Lipinski definition) is 0. The monoisotopic (exact) mass is 550 g/mol. The van der Waals surface area contributed by atoms with E-state index in [9.17, 15) is 4.79 Å². The maximum atomic E-state index is 13.3. The fourth-order valence-corrected chi connectivity index (χ4v) is 8.37. The van der Waals surface area contributed by atoms with Crippen molar-refractivity contribution in [3.63, 3.8) is 0 Å². The molecule has 2 aliphatic carbocycles. The van der Waals surface area contributed by atoms with Crippen LogP contribution in [0.25, 0.3) is 0 Å². The summed E-state index contributed by atoms with van der Waals surface area (Å²) in [5.74, 6) is -0.393. The molecule has 5 rings (SSSR count). The van der Waals surface area contributed by atoms with E-state index < -0.39 is 14.1 Å². The molecule has 2 unspecified atom stereocenters. The smallest absolute Gasteiger partial charge is 0.195 e. The van der Waals surface area contributed by atoms with Gasteiger partial charge in [-0.05, 0) is 42.1 Å². The predicted octanol–water partition coefficient (Wildman–Crippen LogP) is 7.16. The van der Waals surface area contributed by atoms with Crippen molar-refractivity contribution in [2.75, 3.05) is 0 Å². The van der Waals surface area contributed by atoms with Crippen LogP contribution >= 0.6 is 0 Å². The molecule has 2 saturated carbocycles. The highest BCUT2D eigenvalue weighted by Crippen LogP contribution is 2.60. The molecule has 1 aliphatic heterocycles. The standard InChI is InChI=1S/C33H46O5Si/c1-22-29(35-20-24-14-10-8-11-15-24)28-26(23(2)34)18-33(38-39(6,7)32(3,4)5)19-27(28)31(37-33)30(22)36-21-25-16-12-9-13-17-25/h8-17,22,26-31H,18-21H2,1-7H3/t22-,26-,27?,28-,29?,30+,31-,33+/m0/s1.